The fourth-order valence-electron chi connectivity index (χ4n) is 3.28. The first-order valence-electron chi connectivity index (χ1n) is 10.1. The van der Waals surface area contributed by atoms with Crippen LogP contribution in [0.15, 0.2) is 57.9 Å². The van der Waals surface area contributed by atoms with Crippen molar-refractivity contribution in [2.45, 2.75) is 0 Å². The Bertz CT molecular complexity index is 1130. The number of nitrogens with zero attached hydrogens (tertiary/aromatic N) is 2. The lowest BCUT2D eigenvalue weighted by Gasteiger charge is -2.28. The van der Waals surface area contributed by atoms with Crippen molar-refractivity contribution >= 4 is 56.8 Å². The molecule has 0 saturated carbocycles. The molecule has 0 atom stereocenters. The maximum absolute atomic E-state index is 12.9. The van der Waals surface area contributed by atoms with E-state index >= 15 is 0 Å². The SMILES string of the molecule is O=C(Oc1ccc(Br)cc1/C=C1\SC(=O)N(CC(=O)N2CCOCC2)C1=O)c1ccccc1. The maximum atomic E-state index is 12.9. The first-order valence-corrected chi connectivity index (χ1v) is 11.7. The molecule has 2 aliphatic heterocycles. The quantitative estimate of drug-likeness (QED) is 0.331. The summed E-state index contributed by atoms with van der Waals surface area (Å²) in [7, 11) is 0. The number of rotatable bonds is 5. The number of halogens is 1. The third-order valence-electron chi connectivity index (χ3n) is 5.00. The Morgan fingerprint density at radius 2 is 1.82 bits per heavy atom. The number of carbonyl (C=O) groups excluding carboxylic acids is 4. The fourth-order valence-corrected chi connectivity index (χ4v) is 4.49. The molecule has 3 amide bonds. The average Bonchev–Trinajstić information content (AvgIpc) is 3.09. The van der Waals surface area contributed by atoms with Gasteiger partial charge in [0.1, 0.15) is 12.3 Å². The van der Waals surface area contributed by atoms with Crippen molar-refractivity contribution in [1.82, 2.24) is 9.80 Å². The molecule has 2 aromatic carbocycles. The Morgan fingerprint density at radius 3 is 2.55 bits per heavy atom. The summed E-state index contributed by atoms with van der Waals surface area (Å²) in [6.45, 7) is 1.40. The third-order valence-corrected chi connectivity index (χ3v) is 6.40. The second-order valence-electron chi connectivity index (χ2n) is 7.20. The smallest absolute Gasteiger partial charge is 0.343 e. The lowest BCUT2D eigenvalue weighted by atomic mass is 10.1. The van der Waals surface area contributed by atoms with Gasteiger partial charge in [0.15, 0.2) is 0 Å². The van der Waals surface area contributed by atoms with E-state index in [-0.39, 0.29) is 23.1 Å². The Kier molecular flexibility index (Phi) is 7.26. The standard InChI is InChI=1S/C23H19BrN2O6S/c24-17-6-7-18(32-22(29)15-4-2-1-3-5-15)16(12-17)13-19-21(28)26(23(30)33-19)14-20(27)25-8-10-31-11-9-25/h1-7,12-13H,8-11,14H2/b19-13-. The molecular formula is C23H19BrN2O6S. The van der Waals surface area contributed by atoms with Crippen molar-refractivity contribution < 1.29 is 28.7 Å². The third kappa shape index (κ3) is 5.52. The Balaban J connectivity index is 1.53. The predicted molar refractivity (Wildman–Crippen MR) is 126 cm³/mol. The Morgan fingerprint density at radius 1 is 1.09 bits per heavy atom. The highest BCUT2D eigenvalue weighted by Crippen LogP contribution is 2.35. The van der Waals surface area contributed by atoms with E-state index in [9.17, 15) is 19.2 Å². The highest BCUT2D eigenvalue weighted by atomic mass is 79.9. The van der Waals surface area contributed by atoms with Crippen molar-refractivity contribution in [2.75, 3.05) is 32.8 Å². The van der Waals surface area contributed by atoms with E-state index in [2.05, 4.69) is 15.9 Å². The molecule has 2 aliphatic rings. The molecule has 33 heavy (non-hydrogen) atoms. The van der Waals surface area contributed by atoms with Gasteiger partial charge in [-0.05, 0) is 48.2 Å². The van der Waals surface area contributed by atoms with E-state index in [1.807, 2.05) is 0 Å². The zero-order valence-electron chi connectivity index (χ0n) is 17.4. The molecule has 2 aromatic rings. The Hall–Kier alpha value is -2.95. The highest BCUT2D eigenvalue weighted by Gasteiger charge is 2.37. The van der Waals surface area contributed by atoms with E-state index in [1.165, 1.54) is 6.08 Å². The lowest BCUT2D eigenvalue weighted by Crippen LogP contribution is -2.46. The number of amides is 3. The topological polar surface area (TPSA) is 93.2 Å². The van der Waals surface area contributed by atoms with Crippen molar-refractivity contribution in [3.63, 3.8) is 0 Å². The summed E-state index contributed by atoms with van der Waals surface area (Å²) in [5.74, 6) is -1.17. The van der Waals surface area contributed by atoms with Crippen LogP contribution in [0, 0.1) is 0 Å². The molecule has 0 spiro atoms. The van der Waals surface area contributed by atoms with Crippen molar-refractivity contribution in [3.05, 3.63) is 69.0 Å². The number of thioether (sulfide) groups is 1. The van der Waals surface area contributed by atoms with Crippen LogP contribution in [-0.4, -0.2) is 65.7 Å². The summed E-state index contributed by atoms with van der Waals surface area (Å²) in [5.41, 5.74) is 0.826. The van der Waals surface area contributed by atoms with Gasteiger partial charge < -0.3 is 14.4 Å². The van der Waals surface area contributed by atoms with Gasteiger partial charge in [-0.2, -0.15) is 0 Å². The van der Waals surface area contributed by atoms with Crippen LogP contribution in [0.2, 0.25) is 0 Å². The second kappa shape index (κ2) is 10.3. The summed E-state index contributed by atoms with van der Waals surface area (Å²) in [5, 5.41) is -0.523. The summed E-state index contributed by atoms with van der Waals surface area (Å²) in [4.78, 5) is 53.0. The first-order chi connectivity index (χ1) is 15.9. The van der Waals surface area contributed by atoms with Gasteiger partial charge in [-0.15, -0.1) is 0 Å². The van der Waals surface area contributed by atoms with Crippen LogP contribution in [0.1, 0.15) is 15.9 Å². The van der Waals surface area contributed by atoms with Gasteiger partial charge in [-0.3, -0.25) is 19.3 Å². The predicted octanol–water partition coefficient (Wildman–Crippen LogP) is 3.56. The summed E-state index contributed by atoms with van der Waals surface area (Å²) >= 11 is 4.12. The van der Waals surface area contributed by atoms with Gasteiger partial charge in [-0.25, -0.2) is 4.79 Å². The second-order valence-corrected chi connectivity index (χ2v) is 9.11. The largest absolute Gasteiger partial charge is 0.422 e. The van der Waals surface area contributed by atoms with Crippen LogP contribution in [0.4, 0.5) is 4.79 Å². The Labute approximate surface area is 202 Å². The fraction of sp³-hybridized carbons (Fsp3) is 0.217. The number of hydrogen-bond acceptors (Lipinski definition) is 7. The van der Waals surface area contributed by atoms with E-state index in [0.29, 0.717) is 41.9 Å². The number of imide groups is 1. The highest BCUT2D eigenvalue weighted by molar-refractivity contribution is 9.10. The lowest BCUT2D eigenvalue weighted by molar-refractivity contribution is -0.139. The van der Waals surface area contributed by atoms with E-state index < -0.39 is 17.1 Å². The summed E-state index contributed by atoms with van der Waals surface area (Å²) < 4.78 is 11.5. The maximum Gasteiger partial charge on any atom is 0.343 e. The molecule has 0 unspecified atom stereocenters. The minimum absolute atomic E-state index is 0.143. The number of esters is 1. The van der Waals surface area contributed by atoms with Crippen LogP contribution in [0.25, 0.3) is 6.08 Å². The van der Waals surface area contributed by atoms with Gasteiger partial charge in [0.2, 0.25) is 5.91 Å². The molecule has 2 fully saturated rings. The van der Waals surface area contributed by atoms with Crippen molar-refractivity contribution in [3.8, 4) is 5.75 Å². The zero-order valence-corrected chi connectivity index (χ0v) is 19.8. The molecule has 0 radical (unpaired) electrons. The molecule has 170 valence electrons. The number of hydrogen-bond donors (Lipinski definition) is 0. The average molecular weight is 531 g/mol. The molecular weight excluding hydrogens is 512 g/mol. The van der Waals surface area contributed by atoms with E-state index in [4.69, 9.17) is 9.47 Å². The molecule has 4 rings (SSSR count). The van der Waals surface area contributed by atoms with Crippen LogP contribution in [-0.2, 0) is 14.3 Å². The number of ether oxygens (including phenoxy) is 2. The molecule has 10 heteroatoms. The van der Waals surface area contributed by atoms with Crippen LogP contribution < -0.4 is 4.74 Å². The van der Waals surface area contributed by atoms with Crippen LogP contribution >= 0.6 is 27.7 Å². The zero-order chi connectivity index (χ0) is 23.4. The summed E-state index contributed by atoms with van der Waals surface area (Å²) in [6.07, 6.45) is 1.49. The first kappa shape index (κ1) is 23.2. The molecule has 0 bridgehead atoms. The molecule has 0 N–H and O–H groups in total. The molecule has 2 saturated heterocycles. The van der Waals surface area contributed by atoms with Gasteiger partial charge in [0, 0.05) is 23.1 Å². The monoisotopic (exact) mass is 530 g/mol. The minimum Gasteiger partial charge on any atom is -0.422 e. The molecule has 2 heterocycles. The van der Waals surface area contributed by atoms with Crippen LogP contribution in [0.5, 0.6) is 5.75 Å². The molecule has 0 aliphatic carbocycles. The number of morpholine rings is 1. The van der Waals surface area contributed by atoms with Gasteiger partial charge in [-0.1, -0.05) is 34.1 Å². The van der Waals surface area contributed by atoms with Crippen molar-refractivity contribution in [1.29, 1.82) is 0 Å². The van der Waals surface area contributed by atoms with E-state index in [0.717, 1.165) is 16.7 Å². The van der Waals surface area contributed by atoms with E-state index in [1.54, 1.807) is 53.4 Å². The normalized spacial score (nSPS) is 17.5. The molecule has 0 aromatic heterocycles. The van der Waals surface area contributed by atoms with Gasteiger partial charge in [0.25, 0.3) is 11.1 Å². The van der Waals surface area contributed by atoms with Crippen LogP contribution in [0.3, 0.4) is 0 Å². The minimum atomic E-state index is -0.563. The summed E-state index contributed by atoms with van der Waals surface area (Å²) in [6, 6.07) is 13.5. The molecule has 8 nitrogen and oxygen atoms in total. The van der Waals surface area contributed by atoms with Gasteiger partial charge in [0.05, 0.1) is 23.7 Å². The van der Waals surface area contributed by atoms with Crippen molar-refractivity contribution in [2.24, 2.45) is 0 Å². The number of benzene rings is 2. The number of carbonyl (C=O) groups is 4. The van der Waals surface area contributed by atoms with Gasteiger partial charge >= 0.3 is 5.97 Å².